The fraction of sp³-hybridized carbons (Fsp3) is 0.500. The van der Waals surface area contributed by atoms with E-state index in [4.69, 9.17) is 18.9 Å². The van der Waals surface area contributed by atoms with Crippen molar-refractivity contribution in [3.05, 3.63) is 36.7 Å². The van der Waals surface area contributed by atoms with E-state index in [2.05, 4.69) is 9.97 Å². The number of hydrogen-bond acceptors (Lipinski definition) is 8. The molecular weight excluding hydrogens is 440 g/mol. The van der Waals surface area contributed by atoms with E-state index in [9.17, 15) is 9.59 Å². The Labute approximate surface area is 200 Å². The highest BCUT2D eigenvalue weighted by Gasteiger charge is 2.37. The molecule has 2 amide bonds. The molecule has 2 rings (SSSR count). The van der Waals surface area contributed by atoms with Crippen LogP contribution >= 0.6 is 0 Å². The summed E-state index contributed by atoms with van der Waals surface area (Å²) in [6.07, 6.45) is 1.22. The van der Waals surface area contributed by atoms with Gasteiger partial charge in [0.1, 0.15) is 22.7 Å². The molecule has 0 N–H and O–H groups in total. The summed E-state index contributed by atoms with van der Waals surface area (Å²) in [7, 11) is 0. The topological polar surface area (TPSA) is 103 Å². The lowest BCUT2D eigenvalue weighted by atomic mass is 10.2. The third-order valence-corrected chi connectivity index (χ3v) is 3.82. The molecule has 0 aliphatic rings. The number of nitrogens with zero attached hydrogens (tertiary/aromatic N) is 4. The molecule has 0 aliphatic carbocycles. The molecule has 0 atom stereocenters. The van der Waals surface area contributed by atoms with Crippen LogP contribution in [0.3, 0.4) is 0 Å². The van der Waals surface area contributed by atoms with E-state index in [0.717, 1.165) is 10.0 Å². The van der Waals surface area contributed by atoms with Crippen LogP contribution in [-0.4, -0.2) is 46.6 Å². The van der Waals surface area contributed by atoms with Crippen molar-refractivity contribution in [2.45, 2.75) is 66.6 Å². The maximum atomic E-state index is 13.4. The van der Waals surface area contributed by atoms with Crippen LogP contribution in [0.15, 0.2) is 36.7 Å². The number of hydrogen-bond donors (Lipinski definition) is 0. The number of anilines is 2. The van der Waals surface area contributed by atoms with Crippen molar-refractivity contribution < 1.29 is 28.5 Å². The Morgan fingerprint density at radius 2 is 1.09 bits per heavy atom. The molecule has 0 aromatic carbocycles. The average molecular weight is 475 g/mol. The standard InChI is InChI=1S/C24H34N4O6/c1-9-31-17-11-13-25-19(15-17)27(21(29)33-23(3,4)5)28(22(30)34-24(6,7)8)20-16-18(32-10-2)12-14-26-20/h11-16H,9-10H2,1-8H3. The van der Waals surface area contributed by atoms with Gasteiger partial charge < -0.3 is 18.9 Å². The molecule has 0 fully saturated rings. The Bertz CT molecular complexity index is 904. The fourth-order valence-electron chi connectivity index (χ4n) is 2.71. The minimum absolute atomic E-state index is 0.0784. The van der Waals surface area contributed by atoms with Crippen LogP contribution in [0.25, 0.3) is 0 Å². The van der Waals surface area contributed by atoms with E-state index in [-0.39, 0.29) is 11.6 Å². The number of rotatable bonds is 6. The molecule has 10 nitrogen and oxygen atoms in total. The summed E-state index contributed by atoms with van der Waals surface area (Å²) >= 11 is 0. The second-order valence-electron chi connectivity index (χ2n) is 9.15. The number of carbonyl (C=O) groups excluding carboxylic acids is 2. The molecular formula is C24H34N4O6. The zero-order valence-electron chi connectivity index (χ0n) is 21.1. The van der Waals surface area contributed by atoms with Crippen LogP contribution in [0.4, 0.5) is 21.2 Å². The molecule has 0 bridgehead atoms. The summed E-state index contributed by atoms with van der Waals surface area (Å²) in [6, 6.07) is 6.34. The van der Waals surface area contributed by atoms with Gasteiger partial charge in [0.05, 0.1) is 13.2 Å². The highest BCUT2D eigenvalue weighted by Crippen LogP contribution is 2.29. The predicted octanol–water partition coefficient (Wildman–Crippen LogP) is 5.37. The van der Waals surface area contributed by atoms with Gasteiger partial charge in [-0.2, -0.15) is 10.0 Å². The van der Waals surface area contributed by atoms with E-state index in [1.807, 2.05) is 13.8 Å². The summed E-state index contributed by atoms with van der Waals surface area (Å²) in [5.41, 5.74) is -1.71. The first kappa shape index (κ1) is 26.7. The van der Waals surface area contributed by atoms with Crippen molar-refractivity contribution in [3.63, 3.8) is 0 Å². The molecule has 0 unspecified atom stereocenters. The molecule has 2 aromatic rings. The van der Waals surface area contributed by atoms with E-state index in [1.54, 1.807) is 53.7 Å². The molecule has 0 saturated heterocycles. The molecule has 0 spiro atoms. The van der Waals surface area contributed by atoms with Gasteiger partial charge in [0.15, 0.2) is 11.6 Å². The van der Waals surface area contributed by atoms with Crippen molar-refractivity contribution in [2.24, 2.45) is 0 Å². The SMILES string of the molecule is CCOc1ccnc(N(C(=O)OC(C)(C)C)N(C(=O)OC(C)(C)C)c2cc(OCC)ccn2)c1. The quantitative estimate of drug-likeness (QED) is 0.515. The first-order chi connectivity index (χ1) is 15.8. The van der Waals surface area contributed by atoms with Gasteiger partial charge in [0.25, 0.3) is 0 Å². The van der Waals surface area contributed by atoms with Crippen LogP contribution < -0.4 is 19.5 Å². The van der Waals surface area contributed by atoms with Gasteiger partial charge in [0, 0.05) is 24.5 Å². The van der Waals surface area contributed by atoms with Crippen molar-refractivity contribution >= 4 is 23.8 Å². The minimum atomic E-state index is -0.858. The lowest BCUT2D eigenvalue weighted by Gasteiger charge is -2.35. The molecule has 10 heteroatoms. The van der Waals surface area contributed by atoms with Crippen molar-refractivity contribution in [1.29, 1.82) is 0 Å². The van der Waals surface area contributed by atoms with Crippen molar-refractivity contribution in [3.8, 4) is 11.5 Å². The van der Waals surface area contributed by atoms with Gasteiger partial charge in [-0.1, -0.05) is 0 Å². The molecule has 2 heterocycles. The smallest absolute Gasteiger partial charge is 0.436 e. The second-order valence-corrected chi connectivity index (χ2v) is 9.15. The molecule has 0 saturated carbocycles. The number of pyridine rings is 2. The van der Waals surface area contributed by atoms with Crippen LogP contribution in [0.2, 0.25) is 0 Å². The zero-order valence-corrected chi connectivity index (χ0v) is 21.1. The number of carbonyl (C=O) groups is 2. The van der Waals surface area contributed by atoms with Crippen LogP contribution in [0.5, 0.6) is 11.5 Å². The van der Waals surface area contributed by atoms with E-state index in [0.29, 0.717) is 24.7 Å². The average Bonchev–Trinajstić information content (AvgIpc) is 2.70. The van der Waals surface area contributed by atoms with E-state index < -0.39 is 23.4 Å². The summed E-state index contributed by atoms with van der Waals surface area (Å²) in [5.74, 6) is 1.08. The molecule has 34 heavy (non-hydrogen) atoms. The van der Waals surface area contributed by atoms with E-state index in [1.165, 1.54) is 24.5 Å². The lowest BCUT2D eigenvalue weighted by molar-refractivity contribution is 0.0477. The first-order valence-corrected chi connectivity index (χ1v) is 11.1. The normalized spacial score (nSPS) is 11.4. The zero-order chi connectivity index (χ0) is 25.5. The Balaban J connectivity index is 2.70. The summed E-state index contributed by atoms with van der Waals surface area (Å²) in [4.78, 5) is 35.5. The monoisotopic (exact) mass is 474 g/mol. The highest BCUT2D eigenvalue weighted by atomic mass is 16.6. The van der Waals surface area contributed by atoms with Crippen LogP contribution in [0, 0.1) is 0 Å². The second kappa shape index (κ2) is 11.0. The maximum Gasteiger partial charge on any atom is 0.436 e. The Hall–Kier alpha value is -3.56. The van der Waals surface area contributed by atoms with Gasteiger partial charge in [-0.15, -0.1) is 0 Å². The Morgan fingerprint density at radius 1 is 0.735 bits per heavy atom. The highest BCUT2D eigenvalue weighted by molar-refractivity contribution is 6.00. The number of aromatic nitrogens is 2. The third kappa shape index (κ3) is 7.79. The molecule has 2 aromatic heterocycles. The summed E-state index contributed by atoms with van der Waals surface area (Å²) in [6.45, 7) is 14.8. The van der Waals surface area contributed by atoms with Crippen molar-refractivity contribution in [1.82, 2.24) is 9.97 Å². The van der Waals surface area contributed by atoms with Crippen LogP contribution in [-0.2, 0) is 9.47 Å². The van der Waals surface area contributed by atoms with Gasteiger partial charge in [-0.3, -0.25) is 0 Å². The molecule has 0 radical (unpaired) electrons. The van der Waals surface area contributed by atoms with Gasteiger partial charge in [-0.25, -0.2) is 19.6 Å². The first-order valence-electron chi connectivity index (χ1n) is 11.1. The van der Waals surface area contributed by atoms with Crippen molar-refractivity contribution in [2.75, 3.05) is 23.2 Å². The van der Waals surface area contributed by atoms with E-state index >= 15 is 0 Å². The Morgan fingerprint density at radius 3 is 1.38 bits per heavy atom. The predicted molar refractivity (Wildman–Crippen MR) is 128 cm³/mol. The largest absolute Gasteiger partial charge is 0.494 e. The van der Waals surface area contributed by atoms with Gasteiger partial charge >= 0.3 is 12.2 Å². The lowest BCUT2D eigenvalue weighted by Crippen LogP contribution is -2.54. The number of hydrazine groups is 1. The summed E-state index contributed by atoms with van der Waals surface area (Å²) in [5, 5.41) is 1.94. The number of ether oxygens (including phenoxy) is 4. The van der Waals surface area contributed by atoms with Crippen LogP contribution in [0.1, 0.15) is 55.4 Å². The molecule has 186 valence electrons. The maximum absolute atomic E-state index is 13.4. The van der Waals surface area contributed by atoms with Gasteiger partial charge in [0.2, 0.25) is 0 Å². The molecule has 0 aliphatic heterocycles. The third-order valence-electron chi connectivity index (χ3n) is 3.82. The van der Waals surface area contributed by atoms with Gasteiger partial charge in [-0.05, 0) is 67.5 Å². The minimum Gasteiger partial charge on any atom is -0.494 e. The Kier molecular flexibility index (Phi) is 8.67. The fourth-order valence-corrected chi connectivity index (χ4v) is 2.71. The number of amides is 2. The summed E-state index contributed by atoms with van der Waals surface area (Å²) < 4.78 is 22.4.